The fourth-order valence-electron chi connectivity index (χ4n) is 4.03. The van der Waals surface area contributed by atoms with E-state index in [-0.39, 0.29) is 17.3 Å². The first kappa shape index (κ1) is 19.2. The zero-order chi connectivity index (χ0) is 19.3. The number of morpholine rings is 1. The van der Waals surface area contributed by atoms with E-state index in [4.69, 9.17) is 9.15 Å². The topological polar surface area (TPSA) is 66.2 Å². The van der Waals surface area contributed by atoms with Crippen LogP contribution in [-0.4, -0.2) is 47.7 Å². The average molecular weight is 384 g/mol. The van der Waals surface area contributed by atoms with E-state index >= 15 is 0 Å². The van der Waals surface area contributed by atoms with E-state index in [9.17, 15) is 9.90 Å². The van der Waals surface area contributed by atoms with Crippen LogP contribution >= 0.6 is 0 Å². The van der Waals surface area contributed by atoms with Crippen LogP contribution in [0.25, 0.3) is 0 Å². The number of piperidine rings is 1. The van der Waals surface area contributed by atoms with Crippen molar-refractivity contribution in [2.45, 2.75) is 38.5 Å². The van der Waals surface area contributed by atoms with Crippen LogP contribution in [0.3, 0.4) is 0 Å². The Morgan fingerprint density at radius 2 is 1.79 bits per heavy atom. The Hall–Kier alpha value is -2.15. The van der Waals surface area contributed by atoms with Crippen molar-refractivity contribution in [2.24, 2.45) is 0 Å². The lowest BCUT2D eigenvalue weighted by atomic mass is 10.1. The van der Waals surface area contributed by atoms with Gasteiger partial charge in [0, 0.05) is 19.2 Å². The van der Waals surface area contributed by atoms with Gasteiger partial charge in [0.15, 0.2) is 5.76 Å². The monoisotopic (exact) mass is 384 g/mol. The van der Waals surface area contributed by atoms with Crippen LogP contribution in [0.4, 0.5) is 0 Å². The molecule has 2 aromatic rings. The van der Waals surface area contributed by atoms with Crippen LogP contribution in [0.5, 0.6) is 5.75 Å². The molecule has 0 amide bonds. The van der Waals surface area contributed by atoms with Gasteiger partial charge in [-0.1, -0.05) is 36.8 Å². The average Bonchev–Trinajstić information content (AvgIpc) is 2.73. The number of nitrogens with zero attached hydrogens (tertiary/aromatic N) is 2. The van der Waals surface area contributed by atoms with E-state index in [2.05, 4.69) is 21.9 Å². The quantitative estimate of drug-likeness (QED) is 0.855. The van der Waals surface area contributed by atoms with Crippen molar-refractivity contribution in [1.29, 1.82) is 0 Å². The van der Waals surface area contributed by atoms with Crippen LogP contribution in [-0.2, 0) is 17.8 Å². The summed E-state index contributed by atoms with van der Waals surface area (Å²) in [6.45, 7) is 5.13. The van der Waals surface area contributed by atoms with Crippen molar-refractivity contribution in [3.63, 3.8) is 0 Å². The molecule has 0 aliphatic carbocycles. The van der Waals surface area contributed by atoms with Crippen molar-refractivity contribution in [3.8, 4) is 5.75 Å². The van der Waals surface area contributed by atoms with Crippen molar-refractivity contribution in [3.05, 3.63) is 63.7 Å². The maximum Gasteiger partial charge on any atom is 0.227 e. The fraction of sp³-hybridized carbons (Fsp3) is 0.500. The molecule has 0 saturated carbocycles. The van der Waals surface area contributed by atoms with E-state index in [1.807, 2.05) is 18.2 Å². The van der Waals surface area contributed by atoms with Gasteiger partial charge in [0.1, 0.15) is 5.76 Å². The number of benzene rings is 1. The summed E-state index contributed by atoms with van der Waals surface area (Å²) in [5, 5.41) is 10.3. The van der Waals surface area contributed by atoms with Gasteiger partial charge in [-0.2, -0.15) is 0 Å². The Labute approximate surface area is 165 Å². The predicted molar refractivity (Wildman–Crippen MR) is 106 cm³/mol. The highest BCUT2D eigenvalue weighted by Crippen LogP contribution is 2.25. The zero-order valence-electron chi connectivity index (χ0n) is 16.2. The number of ether oxygens (including phenoxy) is 1. The maximum absolute atomic E-state index is 12.3. The number of rotatable bonds is 5. The molecule has 3 heterocycles. The molecule has 0 spiro atoms. The Balaban J connectivity index is 1.46. The second kappa shape index (κ2) is 8.90. The van der Waals surface area contributed by atoms with Crippen LogP contribution in [0.1, 0.15) is 42.5 Å². The predicted octanol–water partition coefficient (Wildman–Crippen LogP) is 2.90. The van der Waals surface area contributed by atoms with Crippen molar-refractivity contribution in [2.75, 3.05) is 32.8 Å². The molecular weight excluding hydrogens is 356 g/mol. The first-order chi connectivity index (χ1) is 13.7. The Morgan fingerprint density at radius 3 is 2.57 bits per heavy atom. The molecule has 0 radical (unpaired) electrons. The number of aromatic hydroxyl groups is 1. The number of likely N-dealkylation sites (tertiary alicyclic amines) is 1. The molecular formula is C22H28N2O4. The van der Waals surface area contributed by atoms with Gasteiger partial charge < -0.3 is 14.3 Å². The van der Waals surface area contributed by atoms with Gasteiger partial charge in [0.25, 0.3) is 0 Å². The van der Waals surface area contributed by atoms with Crippen molar-refractivity contribution < 1.29 is 14.3 Å². The molecule has 2 aliphatic rings. The summed E-state index contributed by atoms with van der Waals surface area (Å²) in [7, 11) is 0. The molecule has 1 N–H and O–H groups in total. The molecule has 2 aliphatic heterocycles. The van der Waals surface area contributed by atoms with Gasteiger partial charge in [0.2, 0.25) is 11.2 Å². The second-order valence-corrected chi connectivity index (χ2v) is 7.69. The standard InChI is InChI=1S/C22H28N2O4/c25-19-13-18(14-23-9-5-2-6-10-23)28-21(22(19)26)16-24-11-12-27-20(15-24)17-7-3-1-4-8-17/h1,3-4,7-8,13,20,26H,2,5-6,9-12,14-16H2/t20-/m1/s1. The lowest BCUT2D eigenvalue weighted by molar-refractivity contribution is -0.0352. The minimum Gasteiger partial charge on any atom is -0.502 e. The summed E-state index contributed by atoms with van der Waals surface area (Å²) >= 11 is 0. The minimum absolute atomic E-state index is 0.0136. The van der Waals surface area contributed by atoms with Gasteiger partial charge in [-0.15, -0.1) is 0 Å². The molecule has 2 saturated heterocycles. The fourth-order valence-corrected chi connectivity index (χ4v) is 4.03. The third-order valence-electron chi connectivity index (χ3n) is 5.56. The Morgan fingerprint density at radius 1 is 1.00 bits per heavy atom. The van der Waals surface area contributed by atoms with Gasteiger partial charge in [-0.3, -0.25) is 14.6 Å². The van der Waals surface area contributed by atoms with Crippen LogP contribution < -0.4 is 5.43 Å². The molecule has 2 fully saturated rings. The molecule has 28 heavy (non-hydrogen) atoms. The summed E-state index contributed by atoms with van der Waals surface area (Å²) < 4.78 is 11.9. The van der Waals surface area contributed by atoms with Crippen molar-refractivity contribution >= 4 is 0 Å². The van der Waals surface area contributed by atoms with E-state index < -0.39 is 0 Å². The molecule has 150 valence electrons. The minimum atomic E-state index is -0.360. The van der Waals surface area contributed by atoms with E-state index in [0.717, 1.165) is 25.2 Å². The van der Waals surface area contributed by atoms with Gasteiger partial charge >= 0.3 is 0 Å². The second-order valence-electron chi connectivity index (χ2n) is 7.69. The number of hydrogen-bond donors (Lipinski definition) is 1. The summed E-state index contributed by atoms with van der Waals surface area (Å²) in [6, 6.07) is 11.6. The Bertz CT molecular complexity index is 830. The summed E-state index contributed by atoms with van der Waals surface area (Å²) in [6.07, 6.45) is 3.62. The SMILES string of the molecule is O=c1cc(CN2CCCCC2)oc(CN2CCO[C@@H](c3ccccc3)C2)c1O. The summed E-state index contributed by atoms with van der Waals surface area (Å²) in [5.74, 6) is 0.714. The highest BCUT2D eigenvalue weighted by Gasteiger charge is 2.24. The van der Waals surface area contributed by atoms with Crippen LogP contribution in [0.2, 0.25) is 0 Å². The molecule has 6 nitrogen and oxygen atoms in total. The summed E-state index contributed by atoms with van der Waals surface area (Å²) in [4.78, 5) is 16.7. The van der Waals surface area contributed by atoms with Gasteiger partial charge in [-0.25, -0.2) is 0 Å². The Kier molecular flexibility index (Phi) is 6.10. The van der Waals surface area contributed by atoms with Crippen LogP contribution in [0, 0.1) is 0 Å². The molecule has 0 bridgehead atoms. The van der Waals surface area contributed by atoms with Gasteiger partial charge in [0.05, 0.1) is 25.8 Å². The van der Waals surface area contributed by atoms with Crippen molar-refractivity contribution in [1.82, 2.24) is 9.80 Å². The third-order valence-corrected chi connectivity index (χ3v) is 5.56. The highest BCUT2D eigenvalue weighted by molar-refractivity contribution is 5.25. The zero-order valence-corrected chi connectivity index (χ0v) is 16.2. The van der Waals surface area contributed by atoms with Gasteiger partial charge in [-0.05, 0) is 31.5 Å². The molecule has 0 unspecified atom stereocenters. The lowest BCUT2D eigenvalue weighted by Crippen LogP contribution is -2.38. The molecule has 1 atom stereocenters. The third kappa shape index (κ3) is 4.63. The van der Waals surface area contributed by atoms with E-state index in [1.165, 1.54) is 25.3 Å². The first-order valence-electron chi connectivity index (χ1n) is 10.1. The van der Waals surface area contributed by atoms with E-state index in [1.54, 1.807) is 0 Å². The largest absolute Gasteiger partial charge is 0.502 e. The summed E-state index contributed by atoms with van der Waals surface area (Å²) in [5.41, 5.74) is 0.776. The molecule has 6 heteroatoms. The first-order valence-corrected chi connectivity index (χ1v) is 10.1. The highest BCUT2D eigenvalue weighted by atomic mass is 16.5. The molecule has 1 aromatic carbocycles. The molecule has 4 rings (SSSR count). The van der Waals surface area contributed by atoms with Crippen LogP contribution in [0.15, 0.2) is 45.6 Å². The van der Waals surface area contributed by atoms with E-state index in [0.29, 0.717) is 37.8 Å². The number of hydrogen-bond acceptors (Lipinski definition) is 6. The smallest absolute Gasteiger partial charge is 0.227 e. The lowest BCUT2D eigenvalue weighted by Gasteiger charge is -2.33. The molecule has 1 aromatic heterocycles. The maximum atomic E-state index is 12.3. The normalized spacial score (nSPS) is 21.6.